The number of nitrogens with two attached hydrogens (primary N) is 1. The van der Waals surface area contributed by atoms with Crippen LogP contribution in [0.4, 0.5) is 5.69 Å². The largest absolute Gasteiger partial charge is 0.478 e. The zero-order valence-electron chi connectivity index (χ0n) is 12.6. The molecule has 0 saturated carbocycles. The molecule has 1 saturated heterocycles. The van der Waals surface area contributed by atoms with Crippen LogP contribution in [0.25, 0.3) is 0 Å². The van der Waals surface area contributed by atoms with E-state index < -0.39 is 12.0 Å². The summed E-state index contributed by atoms with van der Waals surface area (Å²) < 4.78 is 0. The Morgan fingerprint density at radius 3 is 2.26 bits per heavy atom. The number of benzene rings is 2. The Balaban J connectivity index is 1.90. The second-order valence-electron chi connectivity index (χ2n) is 5.70. The van der Waals surface area contributed by atoms with Crippen molar-refractivity contribution in [3.63, 3.8) is 0 Å². The van der Waals surface area contributed by atoms with Crippen molar-refractivity contribution in [1.29, 1.82) is 0 Å². The first kappa shape index (κ1) is 15.1. The van der Waals surface area contributed by atoms with E-state index in [1.54, 1.807) is 24.3 Å². The standard InChI is InChI=1S/C18H18N2O3/c19-17(21)16-15(12-4-2-1-3-5-12)10-11-20(16)14-8-6-13(7-9-14)18(22)23/h1-9,15-16H,10-11H2,(H2,19,21)(H,22,23). The third-order valence-electron chi connectivity index (χ3n) is 4.36. The molecule has 1 aliphatic rings. The summed E-state index contributed by atoms with van der Waals surface area (Å²) in [5.74, 6) is -1.28. The lowest BCUT2D eigenvalue weighted by molar-refractivity contribution is -0.119. The monoisotopic (exact) mass is 310 g/mol. The Morgan fingerprint density at radius 2 is 1.70 bits per heavy atom. The van der Waals surface area contributed by atoms with Gasteiger partial charge < -0.3 is 15.7 Å². The van der Waals surface area contributed by atoms with Crippen molar-refractivity contribution < 1.29 is 14.7 Å². The van der Waals surface area contributed by atoms with Crippen LogP contribution >= 0.6 is 0 Å². The number of anilines is 1. The summed E-state index contributed by atoms with van der Waals surface area (Å²) in [6, 6.07) is 16.0. The summed E-state index contributed by atoms with van der Waals surface area (Å²) in [6.07, 6.45) is 0.832. The molecule has 1 heterocycles. The van der Waals surface area contributed by atoms with Gasteiger partial charge in [0.15, 0.2) is 0 Å². The second-order valence-corrected chi connectivity index (χ2v) is 5.70. The number of carboxylic acid groups (broad SMARTS) is 1. The van der Waals surface area contributed by atoms with Crippen LogP contribution in [0.3, 0.4) is 0 Å². The van der Waals surface area contributed by atoms with Gasteiger partial charge in [0.25, 0.3) is 0 Å². The molecule has 1 amide bonds. The van der Waals surface area contributed by atoms with Crippen LogP contribution in [0.15, 0.2) is 54.6 Å². The van der Waals surface area contributed by atoms with E-state index in [0.717, 1.165) is 17.7 Å². The number of amides is 1. The number of carbonyl (C=O) groups excluding carboxylic acids is 1. The highest BCUT2D eigenvalue weighted by Crippen LogP contribution is 2.36. The van der Waals surface area contributed by atoms with E-state index in [1.165, 1.54) is 0 Å². The van der Waals surface area contributed by atoms with Gasteiger partial charge in [0, 0.05) is 18.2 Å². The first-order valence-electron chi connectivity index (χ1n) is 7.52. The van der Waals surface area contributed by atoms with Gasteiger partial charge in [0.2, 0.25) is 5.91 Å². The van der Waals surface area contributed by atoms with Gasteiger partial charge in [-0.1, -0.05) is 30.3 Å². The van der Waals surface area contributed by atoms with Crippen LogP contribution in [0, 0.1) is 0 Å². The number of rotatable bonds is 4. The van der Waals surface area contributed by atoms with Crippen molar-refractivity contribution in [2.45, 2.75) is 18.4 Å². The third kappa shape index (κ3) is 2.90. The lowest BCUT2D eigenvalue weighted by Gasteiger charge is -2.27. The number of carbonyl (C=O) groups is 2. The van der Waals surface area contributed by atoms with Gasteiger partial charge in [0.05, 0.1) is 5.56 Å². The predicted molar refractivity (Wildman–Crippen MR) is 87.5 cm³/mol. The highest BCUT2D eigenvalue weighted by atomic mass is 16.4. The fraction of sp³-hybridized carbons (Fsp3) is 0.222. The summed E-state index contributed by atoms with van der Waals surface area (Å²) in [6.45, 7) is 0.708. The van der Waals surface area contributed by atoms with E-state index in [-0.39, 0.29) is 17.4 Å². The molecule has 3 rings (SSSR count). The number of primary amides is 1. The van der Waals surface area contributed by atoms with E-state index in [1.807, 2.05) is 35.2 Å². The van der Waals surface area contributed by atoms with Gasteiger partial charge in [-0.05, 0) is 36.2 Å². The number of hydrogen-bond donors (Lipinski definition) is 2. The molecule has 1 aliphatic heterocycles. The highest BCUT2D eigenvalue weighted by molar-refractivity contribution is 5.89. The molecule has 5 nitrogen and oxygen atoms in total. The minimum Gasteiger partial charge on any atom is -0.478 e. The second kappa shape index (κ2) is 6.12. The van der Waals surface area contributed by atoms with Gasteiger partial charge in [-0.25, -0.2) is 4.79 Å². The van der Waals surface area contributed by atoms with Gasteiger partial charge in [0.1, 0.15) is 6.04 Å². The molecular formula is C18H18N2O3. The van der Waals surface area contributed by atoms with Crippen LogP contribution < -0.4 is 10.6 Å². The Hall–Kier alpha value is -2.82. The molecule has 0 spiro atoms. The molecule has 118 valence electrons. The normalized spacial score (nSPS) is 20.4. The first-order chi connectivity index (χ1) is 11.1. The molecule has 2 unspecified atom stereocenters. The first-order valence-corrected chi connectivity index (χ1v) is 7.52. The molecule has 3 N–H and O–H groups in total. The summed E-state index contributed by atoms with van der Waals surface area (Å²) in [5.41, 5.74) is 7.80. The summed E-state index contributed by atoms with van der Waals surface area (Å²) >= 11 is 0. The van der Waals surface area contributed by atoms with Crippen LogP contribution in [0.1, 0.15) is 28.3 Å². The van der Waals surface area contributed by atoms with Gasteiger partial charge in [-0.2, -0.15) is 0 Å². The van der Waals surface area contributed by atoms with E-state index in [2.05, 4.69) is 0 Å². The fourth-order valence-corrected chi connectivity index (χ4v) is 3.28. The van der Waals surface area contributed by atoms with E-state index in [4.69, 9.17) is 10.8 Å². The minimum atomic E-state index is -0.966. The van der Waals surface area contributed by atoms with Crippen molar-refractivity contribution in [2.24, 2.45) is 5.73 Å². The number of nitrogens with zero attached hydrogens (tertiary/aromatic N) is 1. The maximum atomic E-state index is 12.0. The molecule has 23 heavy (non-hydrogen) atoms. The fourth-order valence-electron chi connectivity index (χ4n) is 3.28. The number of aromatic carboxylic acids is 1. The zero-order chi connectivity index (χ0) is 16.4. The average Bonchev–Trinajstić information content (AvgIpc) is 3.01. The van der Waals surface area contributed by atoms with Crippen LogP contribution in [-0.2, 0) is 4.79 Å². The third-order valence-corrected chi connectivity index (χ3v) is 4.36. The maximum Gasteiger partial charge on any atom is 0.335 e. The number of carboxylic acids is 1. The molecule has 0 aliphatic carbocycles. The van der Waals surface area contributed by atoms with Crippen molar-refractivity contribution in [1.82, 2.24) is 0 Å². The average molecular weight is 310 g/mol. The molecular weight excluding hydrogens is 292 g/mol. The highest BCUT2D eigenvalue weighted by Gasteiger charge is 2.39. The number of hydrogen-bond acceptors (Lipinski definition) is 3. The molecule has 5 heteroatoms. The smallest absolute Gasteiger partial charge is 0.335 e. The van der Waals surface area contributed by atoms with Crippen LogP contribution in [0.5, 0.6) is 0 Å². The molecule has 0 aromatic heterocycles. The lowest BCUT2D eigenvalue weighted by atomic mass is 9.91. The topological polar surface area (TPSA) is 83.6 Å². The summed E-state index contributed by atoms with van der Waals surface area (Å²) in [4.78, 5) is 24.9. The predicted octanol–water partition coefficient (Wildman–Crippen LogP) is 2.23. The molecule has 1 fully saturated rings. The van der Waals surface area contributed by atoms with E-state index >= 15 is 0 Å². The Labute approximate surface area is 134 Å². The quantitative estimate of drug-likeness (QED) is 0.907. The lowest BCUT2D eigenvalue weighted by Crippen LogP contribution is -2.43. The Kier molecular flexibility index (Phi) is 4.02. The molecule has 0 bridgehead atoms. The molecule has 2 aromatic rings. The van der Waals surface area contributed by atoms with E-state index in [0.29, 0.717) is 6.54 Å². The molecule has 2 aromatic carbocycles. The summed E-state index contributed by atoms with van der Waals surface area (Å²) in [7, 11) is 0. The van der Waals surface area contributed by atoms with Crippen molar-refractivity contribution in [3.05, 3.63) is 65.7 Å². The van der Waals surface area contributed by atoms with Crippen LogP contribution in [-0.4, -0.2) is 29.6 Å². The maximum absolute atomic E-state index is 12.0. The van der Waals surface area contributed by atoms with Gasteiger partial charge in [-0.3, -0.25) is 4.79 Å². The Morgan fingerprint density at radius 1 is 1.04 bits per heavy atom. The van der Waals surface area contributed by atoms with Gasteiger partial charge in [-0.15, -0.1) is 0 Å². The summed E-state index contributed by atoms with van der Waals surface area (Å²) in [5, 5.41) is 8.98. The van der Waals surface area contributed by atoms with Crippen molar-refractivity contribution >= 4 is 17.6 Å². The van der Waals surface area contributed by atoms with Crippen molar-refractivity contribution in [3.8, 4) is 0 Å². The zero-order valence-corrected chi connectivity index (χ0v) is 12.6. The molecule has 0 radical (unpaired) electrons. The minimum absolute atomic E-state index is 0.0489. The SMILES string of the molecule is NC(=O)C1C(c2ccccc2)CCN1c1ccc(C(=O)O)cc1. The van der Waals surface area contributed by atoms with Crippen LogP contribution in [0.2, 0.25) is 0 Å². The van der Waals surface area contributed by atoms with Gasteiger partial charge >= 0.3 is 5.97 Å². The van der Waals surface area contributed by atoms with Crippen molar-refractivity contribution in [2.75, 3.05) is 11.4 Å². The molecule has 2 atom stereocenters. The Bertz CT molecular complexity index is 713. The van der Waals surface area contributed by atoms with E-state index in [9.17, 15) is 9.59 Å².